The zero-order valence-electron chi connectivity index (χ0n) is 13.6. The highest BCUT2D eigenvalue weighted by molar-refractivity contribution is 7.88. The van der Waals surface area contributed by atoms with Crippen LogP contribution in [0.3, 0.4) is 0 Å². The van der Waals surface area contributed by atoms with E-state index in [0.717, 1.165) is 28.1 Å². The van der Waals surface area contributed by atoms with Gasteiger partial charge in [0, 0.05) is 36.6 Å². The monoisotopic (exact) mass is 345 g/mol. The van der Waals surface area contributed by atoms with Gasteiger partial charge in [-0.15, -0.1) is 0 Å². The fourth-order valence-corrected chi connectivity index (χ4v) is 3.62. The van der Waals surface area contributed by atoms with Crippen LogP contribution >= 0.6 is 0 Å². The summed E-state index contributed by atoms with van der Waals surface area (Å²) in [7, 11) is -3.19. The maximum atomic E-state index is 11.7. The SMILES string of the molecule is Cc1nc(N)nc(C2=CCN(S(C)(=O)=O)CC2)c1-c1cccnc1. The van der Waals surface area contributed by atoms with Crippen molar-refractivity contribution in [2.45, 2.75) is 13.3 Å². The minimum atomic E-state index is -3.19. The molecule has 0 spiro atoms. The van der Waals surface area contributed by atoms with Crippen LogP contribution in [0.5, 0.6) is 0 Å². The van der Waals surface area contributed by atoms with Gasteiger partial charge in [-0.3, -0.25) is 4.98 Å². The van der Waals surface area contributed by atoms with E-state index in [1.807, 2.05) is 25.1 Å². The average Bonchev–Trinajstić information content (AvgIpc) is 2.54. The van der Waals surface area contributed by atoms with E-state index < -0.39 is 10.0 Å². The first-order valence-electron chi connectivity index (χ1n) is 7.55. The topological polar surface area (TPSA) is 102 Å². The lowest BCUT2D eigenvalue weighted by Gasteiger charge is -2.25. The highest BCUT2D eigenvalue weighted by atomic mass is 32.2. The third kappa shape index (κ3) is 3.29. The Hall–Kier alpha value is -2.32. The van der Waals surface area contributed by atoms with Gasteiger partial charge in [0.05, 0.1) is 17.6 Å². The lowest BCUT2D eigenvalue weighted by Crippen LogP contribution is -2.33. The lowest BCUT2D eigenvalue weighted by atomic mass is 9.96. The van der Waals surface area contributed by atoms with Crippen LogP contribution in [-0.2, 0) is 10.0 Å². The number of nitrogens with two attached hydrogens (primary N) is 1. The van der Waals surface area contributed by atoms with Crippen LogP contribution in [0.1, 0.15) is 17.8 Å². The highest BCUT2D eigenvalue weighted by Crippen LogP contribution is 2.33. The van der Waals surface area contributed by atoms with Crippen LogP contribution in [-0.4, -0.2) is 47.0 Å². The number of aromatic nitrogens is 3. The predicted molar refractivity (Wildman–Crippen MR) is 93.4 cm³/mol. The van der Waals surface area contributed by atoms with Gasteiger partial charge < -0.3 is 5.73 Å². The zero-order chi connectivity index (χ0) is 17.3. The quantitative estimate of drug-likeness (QED) is 0.904. The van der Waals surface area contributed by atoms with E-state index in [9.17, 15) is 8.42 Å². The van der Waals surface area contributed by atoms with Crippen LogP contribution in [0.25, 0.3) is 16.7 Å². The van der Waals surface area contributed by atoms with Gasteiger partial charge in [-0.05, 0) is 25.0 Å². The maximum absolute atomic E-state index is 11.7. The second-order valence-corrected chi connectivity index (χ2v) is 7.72. The van der Waals surface area contributed by atoms with Gasteiger partial charge >= 0.3 is 0 Å². The van der Waals surface area contributed by atoms with Gasteiger partial charge in [0.25, 0.3) is 0 Å². The summed E-state index contributed by atoms with van der Waals surface area (Å²) < 4.78 is 24.8. The Bertz CT molecular complexity index is 894. The number of sulfonamides is 1. The van der Waals surface area contributed by atoms with Crippen molar-refractivity contribution in [1.82, 2.24) is 19.3 Å². The van der Waals surface area contributed by atoms with Crippen LogP contribution in [0.4, 0.5) is 5.95 Å². The second-order valence-electron chi connectivity index (χ2n) is 5.73. The molecule has 0 bridgehead atoms. The van der Waals surface area contributed by atoms with Gasteiger partial charge in [-0.2, -0.15) is 4.31 Å². The summed E-state index contributed by atoms with van der Waals surface area (Å²) in [5.41, 5.74) is 10.1. The summed E-state index contributed by atoms with van der Waals surface area (Å²) in [6, 6.07) is 3.81. The Morgan fingerprint density at radius 3 is 2.67 bits per heavy atom. The summed E-state index contributed by atoms with van der Waals surface area (Å²) in [4.78, 5) is 12.9. The predicted octanol–water partition coefficient (Wildman–Crippen LogP) is 1.48. The van der Waals surface area contributed by atoms with Crippen molar-refractivity contribution in [3.63, 3.8) is 0 Å². The summed E-state index contributed by atoms with van der Waals surface area (Å²) in [5.74, 6) is 0.210. The third-order valence-electron chi connectivity index (χ3n) is 4.00. The number of pyridine rings is 1. The first kappa shape index (κ1) is 16.5. The molecule has 3 heterocycles. The summed E-state index contributed by atoms with van der Waals surface area (Å²) in [6.45, 7) is 2.65. The van der Waals surface area contributed by atoms with E-state index in [1.54, 1.807) is 12.4 Å². The normalized spacial score (nSPS) is 16.0. The first-order valence-corrected chi connectivity index (χ1v) is 9.40. The molecule has 7 nitrogen and oxygen atoms in total. The van der Waals surface area contributed by atoms with Crippen molar-refractivity contribution in [3.8, 4) is 11.1 Å². The molecule has 1 aliphatic rings. The molecule has 8 heteroatoms. The maximum Gasteiger partial charge on any atom is 0.220 e. The molecule has 2 aromatic rings. The van der Waals surface area contributed by atoms with E-state index in [4.69, 9.17) is 5.73 Å². The lowest BCUT2D eigenvalue weighted by molar-refractivity contribution is 0.445. The summed E-state index contributed by atoms with van der Waals surface area (Å²) in [5, 5.41) is 0. The fourth-order valence-electron chi connectivity index (χ4n) is 2.85. The number of hydrogen-bond acceptors (Lipinski definition) is 6. The molecule has 0 radical (unpaired) electrons. The van der Waals surface area contributed by atoms with Crippen molar-refractivity contribution < 1.29 is 8.42 Å². The van der Waals surface area contributed by atoms with Gasteiger partial charge in [0.15, 0.2) is 0 Å². The Balaban J connectivity index is 2.07. The van der Waals surface area contributed by atoms with E-state index in [0.29, 0.717) is 19.5 Å². The largest absolute Gasteiger partial charge is 0.368 e. The van der Waals surface area contributed by atoms with E-state index in [-0.39, 0.29) is 5.95 Å². The Labute approximate surface area is 141 Å². The fraction of sp³-hybridized carbons (Fsp3) is 0.312. The van der Waals surface area contributed by atoms with Crippen molar-refractivity contribution in [2.24, 2.45) is 0 Å². The molecule has 0 amide bonds. The van der Waals surface area contributed by atoms with Gasteiger partial charge in [0.2, 0.25) is 16.0 Å². The van der Waals surface area contributed by atoms with E-state index >= 15 is 0 Å². The third-order valence-corrected chi connectivity index (χ3v) is 5.27. The molecule has 2 N–H and O–H groups in total. The molecule has 3 rings (SSSR count). The van der Waals surface area contributed by atoms with Crippen LogP contribution in [0.2, 0.25) is 0 Å². The zero-order valence-corrected chi connectivity index (χ0v) is 14.4. The van der Waals surface area contributed by atoms with Gasteiger partial charge in [-0.1, -0.05) is 12.1 Å². The molecule has 24 heavy (non-hydrogen) atoms. The smallest absolute Gasteiger partial charge is 0.220 e. The van der Waals surface area contributed by atoms with Crippen molar-refractivity contribution in [1.29, 1.82) is 0 Å². The van der Waals surface area contributed by atoms with Crippen LogP contribution < -0.4 is 5.73 Å². The highest BCUT2D eigenvalue weighted by Gasteiger charge is 2.23. The standard InChI is InChI=1S/C16H19N5O2S/c1-11-14(13-4-3-7-18-10-13)15(20-16(17)19-11)12-5-8-21(9-6-12)24(2,22)23/h3-5,7,10H,6,8-9H2,1-2H3,(H2,17,19,20). The molecular weight excluding hydrogens is 326 g/mol. The Morgan fingerprint density at radius 2 is 2.08 bits per heavy atom. The number of hydrogen-bond donors (Lipinski definition) is 1. The van der Waals surface area contributed by atoms with Crippen molar-refractivity contribution in [3.05, 3.63) is 42.0 Å². The van der Waals surface area contributed by atoms with E-state index in [2.05, 4.69) is 15.0 Å². The first-order chi connectivity index (χ1) is 11.4. The molecule has 0 saturated heterocycles. The van der Waals surface area contributed by atoms with Crippen molar-refractivity contribution >= 4 is 21.5 Å². The molecule has 0 atom stereocenters. The molecule has 0 unspecified atom stereocenters. The Morgan fingerprint density at radius 1 is 1.29 bits per heavy atom. The number of aryl methyl sites for hydroxylation is 1. The van der Waals surface area contributed by atoms with Crippen molar-refractivity contribution in [2.75, 3.05) is 25.1 Å². The minimum Gasteiger partial charge on any atom is -0.368 e. The molecule has 126 valence electrons. The molecule has 0 fully saturated rings. The molecule has 1 aliphatic heterocycles. The second kappa shape index (κ2) is 6.29. The molecule has 2 aromatic heterocycles. The summed E-state index contributed by atoms with van der Waals surface area (Å²) >= 11 is 0. The van der Waals surface area contributed by atoms with Crippen LogP contribution in [0.15, 0.2) is 30.6 Å². The molecule has 0 saturated carbocycles. The average molecular weight is 345 g/mol. The minimum absolute atomic E-state index is 0.210. The summed E-state index contributed by atoms with van der Waals surface area (Å²) in [6.07, 6.45) is 7.17. The number of anilines is 1. The van der Waals surface area contributed by atoms with Gasteiger partial charge in [-0.25, -0.2) is 18.4 Å². The van der Waals surface area contributed by atoms with Crippen LogP contribution in [0, 0.1) is 6.92 Å². The molecule has 0 aromatic carbocycles. The number of nitrogen functional groups attached to an aromatic ring is 1. The number of rotatable bonds is 3. The number of nitrogens with zero attached hydrogens (tertiary/aromatic N) is 4. The van der Waals surface area contributed by atoms with E-state index in [1.165, 1.54) is 10.6 Å². The molecule has 0 aliphatic carbocycles. The molecular formula is C16H19N5O2S. The van der Waals surface area contributed by atoms with Gasteiger partial charge in [0.1, 0.15) is 0 Å². The Kier molecular flexibility index (Phi) is 4.33.